The van der Waals surface area contributed by atoms with Crippen LogP contribution in [-0.2, 0) is 11.2 Å². The SMILES string of the molecule is OC(CCC1CCCO1)C1CCCc2cccnc21. The molecule has 1 aromatic heterocycles. The molecular formula is C16H23NO2. The van der Waals surface area contributed by atoms with E-state index < -0.39 is 0 Å². The second kappa shape index (κ2) is 6.02. The van der Waals surface area contributed by atoms with Gasteiger partial charge in [0.25, 0.3) is 0 Å². The van der Waals surface area contributed by atoms with Crippen LogP contribution in [0.4, 0.5) is 0 Å². The number of rotatable bonds is 4. The average Bonchev–Trinajstić information content (AvgIpc) is 2.97. The van der Waals surface area contributed by atoms with Crippen molar-refractivity contribution in [2.45, 2.75) is 63.1 Å². The molecule has 1 aliphatic heterocycles. The fourth-order valence-electron chi connectivity index (χ4n) is 3.45. The van der Waals surface area contributed by atoms with Gasteiger partial charge in [-0.25, -0.2) is 0 Å². The van der Waals surface area contributed by atoms with Gasteiger partial charge in [-0.05, 0) is 56.6 Å². The lowest BCUT2D eigenvalue weighted by atomic mass is 9.81. The van der Waals surface area contributed by atoms with Gasteiger partial charge in [0, 0.05) is 24.4 Å². The molecule has 0 radical (unpaired) electrons. The zero-order chi connectivity index (χ0) is 13.1. The predicted octanol–water partition coefficient (Wildman–Crippen LogP) is 2.82. The third kappa shape index (κ3) is 2.98. The monoisotopic (exact) mass is 261 g/mol. The van der Waals surface area contributed by atoms with E-state index in [0.717, 1.165) is 44.4 Å². The first kappa shape index (κ1) is 13.1. The van der Waals surface area contributed by atoms with Gasteiger partial charge in [0.05, 0.1) is 12.2 Å². The van der Waals surface area contributed by atoms with E-state index in [1.165, 1.54) is 18.4 Å². The second-order valence-electron chi connectivity index (χ2n) is 5.83. The van der Waals surface area contributed by atoms with Crippen LogP contribution in [0.25, 0.3) is 0 Å². The number of pyridine rings is 1. The highest BCUT2D eigenvalue weighted by Gasteiger charge is 2.28. The Hall–Kier alpha value is -0.930. The lowest BCUT2D eigenvalue weighted by Gasteiger charge is -2.28. The molecule has 3 heteroatoms. The van der Waals surface area contributed by atoms with Crippen LogP contribution < -0.4 is 0 Å². The van der Waals surface area contributed by atoms with E-state index in [2.05, 4.69) is 11.1 Å². The lowest BCUT2D eigenvalue weighted by Crippen LogP contribution is -2.25. The molecule has 3 nitrogen and oxygen atoms in total. The third-order valence-corrected chi connectivity index (χ3v) is 4.51. The number of hydrogen-bond acceptors (Lipinski definition) is 3. The minimum absolute atomic E-state index is 0.228. The maximum Gasteiger partial charge on any atom is 0.0624 e. The van der Waals surface area contributed by atoms with Crippen LogP contribution >= 0.6 is 0 Å². The van der Waals surface area contributed by atoms with E-state index in [1.54, 1.807) is 0 Å². The van der Waals surface area contributed by atoms with Crippen LogP contribution in [-0.4, -0.2) is 28.9 Å². The quantitative estimate of drug-likeness (QED) is 0.906. The van der Waals surface area contributed by atoms with Crippen LogP contribution in [0, 0.1) is 0 Å². The predicted molar refractivity (Wildman–Crippen MR) is 74.1 cm³/mol. The zero-order valence-electron chi connectivity index (χ0n) is 11.4. The van der Waals surface area contributed by atoms with Gasteiger partial charge in [-0.15, -0.1) is 0 Å². The molecule has 0 saturated carbocycles. The number of hydrogen-bond donors (Lipinski definition) is 1. The summed E-state index contributed by atoms with van der Waals surface area (Å²) in [6.07, 6.45) is 9.46. The van der Waals surface area contributed by atoms with Gasteiger partial charge in [0.1, 0.15) is 0 Å². The van der Waals surface area contributed by atoms with Crippen molar-refractivity contribution >= 4 is 0 Å². The van der Waals surface area contributed by atoms with Crippen molar-refractivity contribution in [2.24, 2.45) is 0 Å². The van der Waals surface area contributed by atoms with E-state index in [0.29, 0.717) is 6.10 Å². The Kier molecular flexibility index (Phi) is 4.14. The van der Waals surface area contributed by atoms with Crippen molar-refractivity contribution in [3.05, 3.63) is 29.6 Å². The number of aryl methyl sites for hydroxylation is 1. The van der Waals surface area contributed by atoms with Crippen molar-refractivity contribution in [3.63, 3.8) is 0 Å². The zero-order valence-corrected chi connectivity index (χ0v) is 11.4. The molecule has 19 heavy (non-hydrogen) atoms. The molecule has 0 aromatic carbocycles. The first-order valence-electron chi connectivity index (χ1n) is 7.58. The van der Waals surface area contributed by atoms with Crippen molar-refractivity contribution in [3.8, 4) is 0 Å². The van der Waals surface area contributed by atoms with Crippen LogP contribution in [0.1, 0.15) is 55.7 Å². The van der Waals surface area contributed by atoms with E-state index in [-0.39, 0.29) is 12.0 Å². The number of ether oxygens (including phenoxy) is 1. The van der Waals surface area contributed by atoms with Gasteiger partial charge >= 0.3 is 0 Å². The topological polar surface area (TPSA) is 42.4 Å². The van der Waals surface area contributed by atoms with Crippen molar-refractivity contribution in [1.29, 1.82) is 0 Å². The summed E-state index contributed by atoms with van der Waals surface area (Å²) in [4.78, 5) is 4.51. The molecular weight excluding hydrogens is 238 g/mol. The van der Waals surface area contributed by atoms with Gasteiger partial charge in [0.15, 0.2) is 0 Å². The molecule has 3 atom stereocenters. The Morgan fingerprint density at radius 1 is 1.37 bits per heavy atom. The van der Waals surface area contributed by atoms with E-state index in [4.69, 9.17) is 4.74 Å². The molecule has 1 saturated heterocycles. The largest absolute Gasteiger partial charge is 0.392 e. The Morgan fingerprint density at radius 3 is 3.16 bits per heavy atom. The number of aliphatic hydroxyl groups is 1. The van der Waals surface area contributed by atoms with Gasteiger partial charge in [-0.1, -0.05) is 6.07 Å². The summed E-state index contributed by atoms with van der Waals surface area (Å²) in [7, 11) is 0. The normalized spacial score (nSPS) is 28.1. The van der Waals surface area contributed by atoms with Crippen LogP contribution in [0.3, 0.4) is 0 Å². The minimum atomic E-state index is -0.266. The maximum absolute atomic E-state index is 10.5. The van der Waals surface area contributed by atoms with Crippen molar-refractivity contribution in [2.75, 3.05) is 6.61 Å². The average molecular weight is 261 g/mol. The fourth-order valence-corrected chi connectivity index (χ4v) is 3.45. The number of fused-ring (bicyclic) bond motifs is 1. The number of aromatic nitrogens is 1. The molecule has 2 heterocycles. The first-order chi connectivity index (χ1) is 9.34. The van der Waals surface area contributed by atoms with Crippen LogP contribution in [0.5, 0.6) is 0 Å². The Morgan fingerprint density at radius 2 is 2.32 bits per heavy atom. The minimum Gasteiger partial charge on any atom is -0.392 e. The van der Waals surface area contributed by atoms with E-state index in [1.807, 2.05) is 12.3 Å². The summed E-state index contributed by atoms with van der Waals surface area (Å²) in [5.41, 5.74) is 2.46. The maximum atomic E-state index is 10.5. The van der Waals surface area contributed by atoms with Crippen LogP contribution in [0.2, 0.25) is 0 Å². The smallest absolute Gasteiger partial charge is 0.0624 e. The highest BCUT2D eigenvalue weighted by Crippen LogP contribution is 2.34. The molecule has 1 fully saturated rings. The number of aliphatic hydroxyl groups excluding tert-OH is 1. The highest BCUT2D eigenvalue weighted by molar-refractivity contribution is 5.26. The summed E-state index contributed by atoms with van der Waals surface area (Å²) in [5.74, 6) is 0.228. The fraction of sp³-hybridized carbons (Fsp3) is 0.688. The molecule has 0 amide bonds. The van der Waals surface area contributed by atoms with E-state index in [9.17, 15) is 5.11 Å². The lowest BCUT2D eigenvalue weighted by molar-refractivity contribution is 0.0697. The summed E-state index contributed by atoms with van der Waals surface area (Å²) < 4.78 is 5.63. The molecule has 2 aliphatic rings. The van der Waals surface area contributed by atoms with Gasteiger partial charge in [0.2, 0.25) is 0 Å². The van der Waals surface area contributed by atoms with Gasteiger partial charge in [-0.3, -0.25) is 4.98 Å². The summed E-state index contributed by atoms with van der Waals surface area (Å²) in [6.45, 7) is 0.897. The molecule has 104 valence electrons. The molecule has 3 unspecified atom stereocenters. The second-order valence-corrected chi connectivity index (χ2v) is 5.83. The number of nitrogens with zero attached hydrogens (tertiary/aromatic N) is 1. The summed E-state index contributed by atoms with van der Waals surface area (Å²) in [5, 5.41) is 10.5. The molecule has 3 rings (SSSR count). The molecule has 1 aliphatic carbocycles. The van der Waals surface area contributed by atoms with Gasteiger partial charge < -0.3 is 9.84 Å². The van der Waals surface area contributed by atoms with Crippen molar-refractivity contribution < 1.29 is 9.84 Å². The molecule has 1 aromatic rings. The molecule has 0 bridgehead atoms. The first-order valence-corrected chi connectivity index (χ1v) is 7.58. The summed E-state index contributed by atoms with van der Waals surface area (Å²) >= 11 is 0. The molecule has 0 spiro atoms. The third-order valence-electron chi connectivity index (χ3n) is 4.51. The van der Waals surface area contributed by atoms with Crippen molar-refractivity contribution in [1.82, 2.24) is 4.98 Å². The Balaban J connectivity index is 1.62. The van der Waals surface area contributed by atoms with E-state index >= 15 is 0 Å². The van der Waals surface area contributed by atoms with Gasteiger partial charge in [-0.2, -0.15) is 0 Å². The summed E-state index contributed by atoms with van der Waals surface area (Å²) in [6, 6.07) is 4.15. The molecule has 1 N–H and O–H groups in total. The Bertz CT molecular complexity index is 415. The standard InChI is InChI=1S/C16H23NO2/c18-15(9-8-13-6-3-11-19-13)14-7-1-4-12-5-2-10-17-16(12)14/h2,5,10,13-15,18H,1,3-4,6-9,11H2. The van der Waals surface area contributed by atoms with Crippen LogP contribution in [0.15, 0.2) is 18.3 Å². The highest BCUT2D eigenvalue weighted by atomic mass is 16.5. The Labute approximate surface area is 115 Å².